The average Bonchev–Trinajstić information content (AvgIpc) is 3.21. The molecular formula is C14H21FN2O2. The molecule has 0 aromatic heterocycles. The number of amides is 2. The maximum atomic E-state index is 12.8. The molecule has 2 aliphatic carbocycles. The van der Waals surface area contributed by atoms with E-state index in [-0.39, 0.29) is 24.3 Å². The Bertz CT molecular complexity index is 389. The van der Waals surface area contributed by atoms with Gasteiger partial charge in [-0.2, -0.15) is 0 Å². The Balaban J connectivity index is 1.86. The van der Waals surface area contributed by atoms with E-state index in [1.165, 1.54) is 4.90 Å². The zero-order valence-corrected chi connectivity index (χ0v) is 11.2. The van der Waals surface area contributed by atoms with Gasteiger partial charge in [-0.05, 0) is 31.6 Å². The van der Waals surface area contributed by atoms with Crippen LogP contribution in [0.25, 0.3) is 0 Å². The van der Waals surface area contributed by atoms with E-state index >= 15 is 0 Å². The van der Waals surface area contributed by atoms with Crippen LogP contribution in [0, 0.1) is 5.92 Å². The maximum Gasteiger partial charge on any atom is 0.249 e. The average molecular weight is 268 g/mol. The molecule has 0 aromatic rings. The van der Waals surface area contributed by atoms with E-state index < -0.39 is 18.3 Å². The van der Waals surface area contributed by atoms with Crippen molar-refractivity contribution in [2.75, 3.05) is 13.2 Å². The van der Waals surface area contributed by atoms with E-state index in [1.54, 1.807) is 0 Å². The molecule has 1 N–H and O–H groups in total. The SMILES string of the molecule is O=C1NC2(CCCCC2)C(=O)N(CCF)C1C1CC1. The lowest BCUT2D eigenvalue weighted by molar-refractivity contribution is -0.157. The Kier molecular flexibility index (Phi) is 3.23. The predicted octanol–water partition coefficient (Wildman–Crippen LogP) is 1.40. The van der Waals surface area contributed by atoms with E-state index in [4.69, 9.17) is 0 Å². The first-order valence-electron chi connectivity index (χ1n) is 7.37. The zero-order valence-electron chi connectivity index (χ0n) is 11.2. The summed E-state index contributed by atoms with van der Waals surface area (Å²) in [5.41, 5.74) is -0.726. The van der Waals surface area contributed by atoms with Crippen molar-refractivity contribution < 1.29 is 14.0 Å². The van der Waals surface area contributed by atoms with E-state index in [0.717, 1.165) is 32.1 Å². The highest BCUT2D eigenvalue weighted by molar-refractivity contribution is 6.00. The van der Waals surface area contributed by atoms with Gasteiger partial charge in [0.2, 0.25) is 11.8 Å². The highest BCUT2D eigenvalue weighted by atomic mass is 19.1. The first-order chi connectivity index (χ1) is 9.18. The summed E-state index contributed by atoms with van der Waals surface area (Å²) in [4.78, 5) is 26.6. The van der Waals surface area contributed by atoms with Crippen molar-refractivity contribution in [3.8, 4) is 0 Å². The number of carbonyl (C=O) groups excluding carboxylic acids is 2. The van der Waals surface area contributed by atoms with Gasteiger partial charge in [-0.3, -0.25) is 9.59 Å². The Morgan fingerprint density at radius 3 is 2.47 bits per heavy atom. The fourth-order valence-corrected chi connectivity index (χ4v) is 3.61. The van der Waals surface area contributed by atoms with Crippen LogP contribution in [-0.4, -0.2) is 41.5 Å². The van der Waals surface area contributed by atoms with Crippen LogP contribution >= 0.6 is 0 Å². The normalized spacial score (nSPS) is 30.6. The maximum absolute atomic E-state index is 12.8. The Labute approximate surface area is 112 Å². The van der Waals surface area contributed by atoms with Gasteiger partial charge in [0.05, 0.1) is 0 Å². The van der Waals surface area contributed by atoms with Crippen molar-refractivity contribution in [1.82, 2.24) is 10.2 Å². The Morgan fingerprint density at radius 2 is 1.89 bits per heavy atom. The molecule has 1 unspecified atom stereocenters. The summed E-state index contributed by atoms with van der Waals surface area (Å²) in [5.74, 6) is 0.148. The van der Waals surface area contributed by atoms with E-state index in [2.05, 4.69) is 5.32 Å². The first kappa shape index (κ1) is 12.9. The lowest BCUT2D eigenvalue weighted by Gasteiger charge is -2.47. The topological polar surface area (TPSA) is 49.4 Å². The lowest BCUT2D eigenvalue weighted by atomic mass is 9.78. The Hall–Kier alpha value is -1.13. The molecular weight excluding hydrogens is 247 g/mol. The Morgan fingerprint density at radius 1 is 1.21 bits per heavy atom. The van der Waals surface area contributed by atoms with Crippen molar-refractivity contribution in [1.29, 1.82) is 0 Å². The van der Waals surface area contributed by atoms with Gasteiger partial charge in [0, 0.05) is 6.54 Å². The van der Waals surface area contributed by atoms with Gasteiger partial charge in [0.25, 0.3) is 0 Å². The molecule has 3 fully saturated rings. The second-order valence-corrected chi connectivity index (χ2v) is 6.10. The van der Waals surface area contributed by atoms with Gasteiger partial charge < -0.3 is 10.2 Å². The number of rotatable bonds is 3. The van der Waals surface area contributed by atoms with Crippen LogP contribution in [0.15, 0.2) is 0 Å². The smallest absolute Gasteiger partial charge is 0.249 e. The number of piperazine rings is 1. The highest BCUT2D eigenvalue weighted by Crippen LogP contribution is 2.40. The third-order valence-electron chi connectivity index (χ3n) is 4.74. The number of hydrogen-bond acceptors (Lipinski definition) is 2. The minimum atomic E-state index is -0.726. The molecule has 3 aliphatic rings. The summed E-state index contributed by atoms with van der Waals surface area (Å²) in [7, 11) is 0. The second-order valence-electron chi connectivity index (χ2n) is 6.10. The summed E-state index contributed by atoms with van der Waals surface area (Å²) in [6.45, 7) is -0.506. The van der Waals surface area contributed by atoms with Crippen LogP contribution in [-0.2, 0) is 9.59 Å². The summed E-state index contributed by atoms with van der Waals surface area (Å²) < 4.78 is 12.8. The van der Waals surface area contributed by atoms with E-state index in [1.807, 2.05) is 0 Å². The summed E-state index contributed by atoms with van der Waals surface area (Å²) in [5, 5.41) is 2.99. The number of alkyl halides is 1. The summed E-state index contributed by atoms with van der Waals surface area (Å²) >= 11 is 0. The molecule has 1 spiro atoms. The van der Waals surface area contributed by atoms with Gasteiger partial charge in [-0.15, -0.1) is 0 Å². The van der Waals surface area contributed by atoms with Crippen LogP contribution in [0.3, 0.4) is 0 Å². The van der Waals surface area contributed by atoms with Crippen molar-refractivity contribution in [2.45, 2.75) is 56.5 Å². The van der Waals surface area contributed by atoms with Gasteiger partial charge in [0.1, 0.15) is 18.3 Å². The molecule has 0 bridgehead atoms. The molecule has 2 saturated carbocycles. The van der Waals surface area contributed by atoms with Crippen LogP contribution < -0.4 is 5.32 Å². The summed E-state index contributed by atoms with van der Waals surface area (Å²) in [6.07, 6.45) is 6.39. The molecule has 106 valence electrons. The molecule has 1 atom stereocenters. The van der Waals surface area contributed by atoms with Crippen LogP contribution in [0.1, 0.15) is 44.9 Å². The number of hydrogen-bond donors (Lipinski definition) is 1. The number of carbonyl (C=O) groups is 2. The molecule has 5 heteroatoms. The molecule has 0 radical (unpaired) electrons. The third kappa shape index (κ3) is 2.13. The third-order valence-corrected chi connectivity index (χ3v) is 4.74. The molecule has 1 saturated heterocycles. The lowest BCUT2D eigenvalue weighted by Crippen LogP contribution is -2.71. The van der Waals surface area contributed by atoms with Crippen LogP contribution in [0.2, 0.25) is 0 Å². The molecule has 1 aliphatic heterocycles. The quantitative estimate of drug-likeness (QED) is 0.841. The van der Waals surface area contributed by atoms with Gasteiger partial charge in [0.15, 0.2) is 0 Å². The van der Waals surface area contributed by atoms with Crippen LogP contribution in [0.5, 0.6) is 0 Å². The van der Waals surface area contributed by atoms with E-state index in [0.29, 0.717) is 12.8 Å². The largest absolute Gasteiger partial charge is 0.340 e. The molecule has 19 heavy (non-hydrogen) atoms. The summed E-state index contributed by atoms with van der Waals surface area (Å²) in [6, 6.07) is -0.421. The first-order valence-corrected chi connectivity index (χ1v) is 7.37. The standard InChI is InChI=1S/C14H21FN2O2/c15-8-9-17-11(10-4-5-10)12(18)16-14(13(17)19)6-2-1-3-7-14/h10-11H,1-9H2,(H,16,18). The molecule has 4 nitrogen and oxygen atoms in total. The molecule has 1 heterocycles. The number of nitrogens with one attached hydrogen (secondary N) is 1. The fourth-order valence-electron chi connectivity index (χ4n) is 3.61. The van der Waals surface area contributed by atoms with Crippen molar-refractivity contribution in [3.63, 3.8) is 0 Å². The number of halogens is 1. The van der Waals surface area contributed by atoms with E-state index in [9.17, 15) is 14.0 Å². The second kappa shape index (κ2) is 4.76. The van der Waals surface area contributed by atoms with Crippen molar-refractivity contribution in [3.05, 3.63) is 0 Å². The highest BCUT2D eigenvalue weighted by Gasteiger charge is 2.54. The van der Waals surface area contributed by atoms with Crippen molar-refractivity contribution in [2.24, 2.45) is 5.92 Å². The van der Waals surface area contributed by atoms with Crippen LogP contribution in [0.4, 0.5) is 4.39 Å². The van der Waals surface area contributed by atoms with Gasteiger partial charge >= 0.3 is 0 Å². The molecule has 2 amide bonds. The fraction of sp³-hybridized carbons (Fsp3) is 0.857. The van der Waals surface area contributed by atoms with Gasteiger partial charge in [-0.25, -0.2) is 4.39 Å². The van der Waals surface area contributed by atoms with Gasteiger partial charge in [-0.1, -0.05) is 19.3 Å². The predicted molar refractivity (Wildman–Crippen MR) is 68.2 cm³/mol. The minimum Gasteiger partial charge on any atom is -0.340 e. The zero-order chi connectivity index (χ0) is 13.5. The minimum absolute atomic E-state index is 0.0404. The molecule has 0 aromatic carbocycles. The van der Waals surface area contributed by atoms with Crippen molar-refractivity contribution >= 4 is 11.8 Å². The number of nitrogens with zero attached hydrogens (tertiary/aromatic N) is 1. The molecule has 3 rings (SSSR count). The monoisotopic (exact) mass is 268 g/mol.